The summed E-state index contributed by atoms with van der Waals surface area (Å²) < 4.78 is 9.27. The minimum absolute atomic E-state index is 0.863. The van der Waals surface area contributed by atoms with Gasteiger partial charge in [-0.3, -0.25) is 0 Å². The molecule has 13 rings (SSSR count). The summed E-state index contributed by atoms with van der Waals surface area (Å²) in [4.78, 5) is 2.39. The number of anilines is 3. The van der Waals surface area contributed by atoms with E-state index in [9.17, 15) is 0 Å². The summed E-state index contributed by atoms with van der Waals surface area (Å²) in [5, 5.41) is 9.56. The van der Waals surface area contributed by atoms with Crippen molar-refractivity contribution in [1.82, 2.24) is 4.57 Å². The van der Waals surface area contributed by atoms with Gasteiger partial charge in [-0.1, -0.05) is 176 Å². The van der Waals surface area contributed by atoms with E-state index in [1.165, 1.54) is 54.5 Å². The maximum absolute atomic E-state index is 6.90. The molecule has 0 atom stereocenters. The fourth-order valence-electron chi connectivity index (χ4n) is 10.2. The molecule has 65 heavy (non-hydrogen) atoms. The number of hydrogen-bond donors (Lipinski definition) is 0. The topological polar surface area (TPSA) is 21.3 Å². The molecular weight excluding hydrogens is 789 g/mol. The standard InChI is InChI=1S/C62H40N2O/c1-3-17-49-43(13-1)15-11-22-50(49)45-31-37-47(38-32-45)63(59-40-39-55(52-23-12-16-44-14-2-4-18-51(44)52)62-61(59)56-21-7-10-26-60(56)65-62)46-33-27-41(28-34-46)42-29-35-48(36-30-42)64-57-24-8-5-19-53(57)54-20-6-9-25-58(54)64/h1-40H. The third-order valence-electron chi connectivity index (χ3n) is 13.2. The molecule has 0 aliphatic heterocycles. The molecule has 3 nitrogen and oxygen atoms in total. The van der Waals surface area contributed by atoms with Crippen LogP contribution >= 0.6 is 0 Å². The Labute approximate surface area is 376 Å². The van der Waals surface area contributed by atoms with E-state index in [1.54, 1.807) is 0 Å². The van der Waals surface area contributed by atoms with Crippen molar-refractivity contribution in [2.45, 2.75) is 0 Å². The van der Waals surface area contributed by atoms with Gasteiger partial charge >= 0.3 is 0 Å². The van der Waals surface area contributed by atoms with E-state index in [2.05, 4.69) is 252 Å². The highest BCUT2D eigenvalue weighted by atomic mass is 16.3. The number of para-hydroxylation sites is 3. The van der Waals surface area contributed by atoms with Crippen molar-refractivity contribution < 1.29 is 4.42 Å². The maximum Gasteiger partial charge on any atom is 0.145 e. The van der Waals surface area contributed by atoms with Crippen LogP contribution in [0.5, 0.6) is 0 Å². The maximum atomic E-state index is 6.90. The quantitative estimate of drug-likeness (QED) is 0.160. The lowest BCUT2D eigenvalue weighted by Gasteiger charge is -2.27. The molecule has 0 N–H and O–H groups in total. The first-order chi connectivity index (χ1) is 32.2. The number of fused-ring (bicyclic) bond motifs is 8. The predicted octanol–water partition coefficient (Wildman–Crippen LogP) is 17.5. The van der Waals surface area contributed by atoms with Gasteiger partial charge < -0.3 is 13.9 Å². The average Bonchev–Trinajstić information content (AvgIpc) is 3.94. The van der Waals surface area contributed by atoms with E-state index in [4.69, 9.17) is 4.42 Å². The van der Waals surface area contributed by atoms with Crippen LogP contribution in [0.2, 0.25) is 0 Å². The van der Waals surface area contributed by atoms with Crippen molar-refractivity contribution in [1.29, 1.82) is 0 Å². The summed E-state index contributed by atoms with van der Waals surface area (Å²) in [6.45, 7) is 0. The zero-order valence-corrected chi connectivity index (χ0v) is 35.4. The van der Waals surface area contributed by atoms with Crippen LogP contribution in [-0.4, -0.2) is 4.57 Å². The molecule has 0 radical (unpaired) electrons. The molecule has 0 bridgehead atoms. The molecule has 0 spiro atoms. The minimum atomic E-state index is 0.863. The fourth-order valence-corrected chi connectivity index (χ4v) is 10.2. The Morgan fingerprint density at radius 1 is 0.323 bits per heavy atom. The largest absolute Gasteiger partial charge is 0.455 e. The number of hydrogen-bond acceptors (Lipinski definition) is 2. The van der Waals surface area contributed by atoms with Gasteiger partial charge in [-0.2, -0.15) is 0 Å². The van der Waals surface area contributed by atoms with Crippen molar-refractivity contribution in [3.05, 3.63) is 243 Å². The molecule has 2 aromatic heterocycles. The van der Waals surface area contributed by atoms with E-state index in [0.29, 0.717) is 0 Å². The molecule has 0 amide bonds. The monoisotopic (exact) mass is 828 g/mol. The Bertz CT molecular complexity index is 3870. The Morgan fingerprint density at radius 2 is 0.800 bits per heavy atom. The third kappa shape index (κ3) is 6.05. The van der Waals surface area contributed by atoms with Gasteiger partial charge in [0.2, 0.25) is 0 Å². The molecule has 2 heterocycles. The SMILES string of the molecule is c1ccc2c(-c3ccc(N(c4ccc(-c5ccc(-n6c7ccccc7c7ccccc76)cc5)cc4)c4ccc(-c5cccc6ccccc56)c5oc6ccccc6c45)cc3)cccc2c1. The second-order valence-corrected chi connectivity index (χ2v) is 16.8. The number of rotatable bonds is 7. The van der Waals surface area contributed by atoms with Crippen molar-refractivity contribution in [3.63, 3.8) is 0 Å². The number of furan rings is 1. The smallest absolute Gasteiger partial charge is 0.145 e. The van der Waals surface area contributed by atoms with Crippen LogP contribution in [0, 0.1) is 0 Å². The number of nitrogens with zero attached hydrogens (tertiary/aromatic N) is 2. The Kier molecular flexibility index (Phi) is 8.53. The van der Waals surface area contributed by atoms with Crippen LogP contribution in [0.1, 0.15) is 0 Å². The summed E-state index contributed by atoms with van der Waals surface area (Å²) in [6, 6.07) is 87.6. The molecule has 13 aromatic rings. The lowest BCUT2D eigenvalue weighted by atomic mass is 9.95. The van der Waals surface area contributed by atoms with Crippen LogP contribution in [0.4, 0.5) is 17.1 Å². The van der Waals surface area contributed by atoms with E-state index in [0.717, 1.165) is 66.9 Å². The van der Waals surface area contributed by atoms with E-state index < -0.39 is 0 Å². The molecular formula is C62H40N2O. The first-order valence-corrected chi connectivity index (χ1v) is 22.2. The van der Waals surface area contributed by atoms with Crippen molar-refractivity contribution in [2.75, 3.05) is 4.90 Å². The van der Waals surface area contributed by atoms with Crippen molar-refractivity contribution in [2.24, 2.45) is 0 Å². The van der Waals surface area contributed by atoms with Crippen LogP contribution in [-0.2, 0) is 0 Å². The second-order valence-electron chi connectivity index (χ2n) is 16.8. The minimum Gasteiger partial charge on any atom is -0.455 e. The lowest BCUT2D eigenvalue weighted by Crippen LogP contribution is -2.10. The zero-order valence-electron chi connectivity index (χ0n) is 35.4. The van der Waals surface area contributed by atoms with Crippen LogP contribution in [0.15, 0.2) is 247 Å². The van der Waals surface area contributed by atoms with Gasteiger partial charge in [-0.25, -0.2) is 0 Å². The highest BCUT2D eigenvalue weighted by molar-refractivity contribution is 6.18. The Hall–Kier alpha value is -8.66. The van der Waals surface area contributed by atoms with Crippen LogP contribution < -0.4 is 4.90 Å². The van der Waals surface area contributed by atoms with Gasteiger partial charge in [0, 0.05) is 38.8 Å². The van der Waals surface area contributed by atoms with Gasteiger partial charge in [0.05, 0.1) is 22.1 Å². The van der Waals surface area contributed by atoms with E-state index in [-0.39, 0.29) is 0 Å². The highest BCUT2D eigenvalue weighted by Crippen LogP contribution is 2.47. The molecule has 0 saturated heterocycles. The van der Waals surface area contributed by atoms with Gasteiger partial charge in [0.1, 0.15) is 11.2 Å². The first-order valence-electron chi connectivity index (χ1n) is 22.2. The van der Waals surface area contributed by atoms with Crippen molar-refractivity contribution in [3.8, 4) is 39.1 Å². The molecule has 0 aliphatic carbocycles. The van der Waals surface area contributed by atoms with E-state index >= 15 is 0 Å². The molecule has 0 unspecified atom stereocenters. The predicted molar refractivity (Wildman–Crippen MR) is 274 cm³/mol. The normalized spacial score (nSPS) is 11.7. The summed E-state index contributed by atoms with van der Waals surface area (Å²) in [5.41, 5.74) is 15.4. The van der Waals surface area contributed by atoms with Gasteiger partial charge in [0.25, 0.3) is 0 Å². The zero-order chi connectivity index (χ0) is 42.8. The summed E-state index contributed by atoms with van der Waals surface area (Å²) in [6.07, 6.45) is 0. The average molecular weight is 829 g/mol. The van der Waals surface area contributed by atoms with Gasteiger partial charge in [0.15, 0.2) is 0 Å². The number of benzene rings is 11. The van der Waals surface area contributed by atoms with E-state index in [1.807, 2.05) is 0 Å². The molecule has 304 valence electrons. The number of aromatic nitrogens is 1. The van der Waals surface area contributed by atoms with Crippen LogP contribution in [0.3, 0.4) is 0 Å². The Morgan fingerprint density at radius 3 is 1.43 bits per heavy atom. The Balaban J connectivity index is 0.952. The molecule has 11 aromatic carbocycles. The summed E-state index contributed by atoms with van der Waals surface area (Å²) in [7, 11) is 0. The first kappa shape index (κ1) is 36.9. The summed E-state index contributed by atoms with van der Waals surface area (Å²) >= 11 is 0. The highest BCUT2D eigenvalue weighted by Gasteiger charge is 2.23. The fraction of sp³-hybridized carbons (Fsp3) is 0. The van der Waals surface area contributed by atoms with Gasteiger partial charge in [-0.15, -0.1) is 0 Å². The van der Waals surface area contributed by atoms with Crippen molar-refractivity contribution >= 4 is 82.4 Å². The van der Waals surface area contributed by atoms with Crippen LogP contribution in [0.25, 0.3) is 104 Å². The molecule has 0 saturated carbocycles. The molecule has 0 aliphatic rings. The molecule has 0 fully saturated rings. The lowest BCUT2D eigenvalue weighted by molar-refractivity contribution is 0.670. The second kappa shape index (κ2) is 15.0. The van der Waals surface area contributed by atoms with Gasteiger partial charge in [-0.05, 0) is 116 Å². The summed E-state index contributed by atoms with van der Waals surface area (Å²) in [5.74, 6) is 0. The molecule has 3 heteroatoms. The third-order valence-corrected chi connectivity index (χ3v) is 13.2.